The van der Waals surface area contributed by atoms with E-state index in [2.05, 4.69) is 0 Å². The van der Waals surface area contributed by atoms with E-state index in [-0.39, 0.29) is 34.6 Å². The molecule has 0 aliphatic carbocycles. The smallest absolute Gasteiger partial charge is 0.453 e. The van der Waals surface area contributed by atoms with Crippen molar-refractivity contribution >= 4 is 11.0 Å². The summed E-state index contributed by atoms with van der Waals surface area (Å²) in [6, 6.07) is 8.33. The number of hydrogen-bond donors (Lipinski definition) is 2. The first-order chi connectivity index (χ1) is 15.7. The quantitative estimate of drug-likeness (QED) is 0.485. The van der Waals surface area contributed by atoms with Crippen LogP contribution in [0.25, 0.3) is 11.0 Å². The first kappa shape index (κ1) is 24.4. The maximum absolute atomic E-state index is 13.9. The summed E-state index contributed by atoms with van der Waals surface area (Å²) >= 11 is 0. The molecule has 178 valence electrons. The highest BCUT2D eigenvalue weighted by atomic mass is 19.4. The molecule has 0 atom stereocenters. The Bertz CT molecular complexity index is 1150. The van der Waals surface area contributed by atoms with Gasteiger partial charge in [0.05, 0.1) is 31.1 Å². The highest BCUT2D eigenvalue weighted by Gasteiger charge is 2.41. The van der Waals surface area contributed by atoms with Crippen LogP contribution in [-0.2, 0) is 12.7 Å². The predicted molar refractivity (Wildman–Crippen MR) is 117 cm³/mol. The van der Waals surface area contributed by atoms with Crippen LogP contribution in [0.4, 0.5) is 13.2 Å². The van der Waals surface area contributed by atoms with Gasteiger partial charge in [-0.3, -0.25) is 4.79 Å². The summed E-state index contributed by atoms with van der Waals surface area (Å²) < 4.78 is 57.4. The lowest BCUT2D eigenvalue weighted by molar-refractivity contribution is -0.913. The highest BCUT2D eigenvalue weighted by molar-refractivity contribution is 5.83. The van der Waals surface area contributed by atoms with Crippen LogP contribution in [-0.4, -0.2) is 25.3 Å². The largest absolute Gasteiger partial charge is 0.507 e. The SMILES string of the molecule is CCC[NH+](CCC)Cc1c(O)ccc2c(=O)c(Oc3ccc(OC)cc3)c(C(F)(F)F)oc12. The first-order valence-corrected chi connectivity index (χ1v) is 10.7. The van der Waals surface area contributed by atoms with Gasteiger partial charge in [0.2, 0.25) is 11.2 Å². The van der Waals surface area contributed by atoms with E-state index in [9.17, 15) is 23.1 Å². The van der Waals surface area contributed by atoms with E-state index in [0.29, 0.717) is 5.75 Å². The minimum atomic E-state index is -4.99. The summed E-state index contributed by atoms with van der Waals surface area (Å²) in [5, 5.41) is 10.3. The molecule has 0 spiro atoms. The molecule has 0 saturated carbocycles. The Morgan fingerprint density at radius 1 is 1.00 bits per heavy atom. The third-order valence-electron chi connectivity index (χ3n) is 5.27. The molecule has 0 saturated heterocycles. The summed E-state index contributed by atoms with van der Waals surface area (Å²) in [5.41, 5.74) is -1.07. The summed E-state index contributed by atoms with van der Waals surface area (Å²) in [4.78, 5) is 14.2. The number of phenolic OH excluding ortho intramolecular Hbond substituents is 1. The zero-order chi connectivity index (χ0) is 24.2. The summed E-state index contributed by atoms with van der Waals surface area (Å²) in [6.45, 7) is 5.76. The fourth-order valence-corrected chi connectivity index (χ4v) is 3.76. The minimum Gasteiger partial charge on any atom is -0.507 e. The van der Waals surface area contributed by atoms with Gasteiger partial charge in [-0.15, -0.1) is 0 Å². The lowest BCUT2D eigenvalue weighted by Gasteiger charge is -2.20. The molecule has 6 nitrogen and oxygen atoms in total. The molecule has 3 aromatic rings. The molecule has 33 heavy (non-hydrogen) atoms. The molecule has 0 amide bonds. The molecule has 0 bridgehead atoms. The van der Waals surface area contributed by atoms with E-state index in [1.54, 1.807) is 0 Å². The van der Waals surface area contributed by atoms with Gasteiger partial charge in [-0.2, -0.15) is 13.2 Å². The Kier molecular flexibility index (Phi) is 7.53. The van der Waals surface area contributed by atoms with E-state index in [1.165, 1.54) is 43.5 Å². The third-order valence-corrected chi connectivity index (χ3v) is 5.27. The number of ether oxygens (including phenoxy) is 2. The second-order valence-electron chi connectivity index (χ2n) is 7.73. The first-order valence-electron chi connectivity index (χ1n) is 10.7. The van der Waals surface area contributed by atoms with Gasteiger partial charge in [0.25, 0.3) is 5.76 Å². The maximum atomic E-state index is 13.9. The molecule has 9 heteroatoms. The highest BCUT2D eigenvalue weighted by Crippen LogP contribution is 2.39. The molecule has 0 aliphatic heterocycles. The standard InChI is InChI=1S/C24H26F3NO5/c1-4-12-28(13-5-2)14-18-19(29)11-10-17-20(30)22(23(24(25,26)27)33-21(17)18)32-16-8-6-15(31-3)7-9-16/h6-11,29H,4-5,12-14H2,1-3H3/p+1. The molecule has 2 aromatic carbocycles. The molecule has 2 N–H and O–H groups in total. The van der Waals surface area contributed by atoms with Gasteiger partial charge in [0.1, 0.15) is 23.8 Å². The summed E-state index contributed by atoms with van der Waals surface area (Å²) in [6.07, 6.45) is -3.27. The number of alkyl halides is 3. The fraction of sp³-hybridized carbons (Fsp3) is 0.375. The van der Waals surface area contributed by atoms with Crippen molar-refractivity contribution in [3.05, 3.63) is 57.9 Å². The van der Waals surface area contributed by atoms with Crippen LogP contribution in [0, 0.1) is 0 Å². The van der Waals surface area contributed by atoms with Gasteiger partial charge in [0.15, 0.2) is 5.58 Å². The lowest BCUT2D eigenvalue weighted by atomic mass is 10.1. The number of methoxy groups -OCH3 is 1. The number of quaternary nitrogens is 1. The number of nitrogens with one attached hydrogen (secondary N) is 1. The van der Waals surface area contributed by atoms with Crippen molar-refractivity contribution in [1.29, 1.82) is 0 Å². The van der Waals surface area contributed by atoms with Crippen molar-refractivity contribution in [2.75, 3.05) is 20.2 Å². The molecular weight excluding hydrogens is 439 g/mol. The molecule has 0 fully saturated rings. The number of halogens is 3. The van der Waals surface area contributed by atoms with Gasteiger partial charge in [-0.25, -0.2) is 0 Å². The third kappa shape index (κ3) is 5.42. The van der Waals surface area contributed by atoms with Crippen LogP contribution in [0.2, 0.25) is 0 Å². The predicted octanol–water partition coefficient (Wildman–Crippen LogP) is 4.52. The van der Waals surface area contributed by atoms with Crippen molar-refractivity contribution in [3.8, 4) is 23.0 Å². The zero-order valence-electron chi connectivity index (χ0n) is 18.7. The number of phenols is 1. The lowest BCUT2D eigenvalue weighted by Crippen LogP contribution is -3.10. The van der Waals surface area contributed by atoms with Gasteiger partial charge >= 0.3 is 6.18 Å². The van der Waals surface area contributed by atoms with Crippen LogP contribution in [0.3, 0.4) is 0 Å². The van der Waals surface area contributed by atoms with Gasteiger partial charge < -0.3 is 23.9 Å². The molecule has 1 aromatic heterocycles. The van der Waals surface area contributed by atoms with Crippen LogP contribution in [0.15, 0.2) is 45.6 Å². The van der Waals surface area contributed by atoms with Crippen molar-refractivity contribution in [2.45, 2.75) is 39.4 Å². The maximum Gasteiger partial charge on any atom is 0.453 e. The molecular formula is C24H27F3NO5+. The molecule has 0 radical (unpaired) electrons. The van der Waals surface area contributed by atoms with Gasteiger partial charge in [-0.1, -0.05) is 13.8 Å². The topological polar surface area (TPSA) is 73.3 Å². The van der Waals surface area contributed by atoms with E-state index >= 15 is 0 Å². The Morgan fingerprint density at radius 3 is 2.15 bits per heavy atom. The van der Waals surface area contributed by atoms with E-state index in [0.717, 1.165) is 30.8 Å². The average molecular weight is 466 g/mol. The van der Waals surface area contributed by atoms with Crippen molar-refractivity contribution in [1.82, 2.24) is 0 Å². The van der Waals surface area contributed by atoms with E-state index in [4.69, 9.17) is 13.9 Å². The molecule has 3 rings (SSSR count). The van der Waals surface area contributed by atoms with Gasteiger partial charge in [0, 0.05) is 0 Å². The second-order valence-corrected chi connectivity index (χ2v) is 7.73. The number of benzene rings is 2. The normalized spacial score (nSPS) is 11.8. The molecule has 0 unspecified atom stereocenters. The zero-order valence-corrected chi connectivity index (χ0v) is 18.7. The van der Waals surface area contributed by atoms with Crippen LogP contribution < -0.4 is 19.8 Å². The van der Waals surface area contributed by atoms with Crippen molar-refractivity contribution < 1.29 is 37.1 Å². The monoisotopic (exact) mass is 466 g/mol. The number of rotatable bonds is 9. The molecule has 0 aliphatic rings. The molecule has 1 heterocycles. The average Bonchev–Trinajstić information content (AvgIpc) is 2.77. The van der Waals surface area contributed by atoms with Crippen LogP contribution in [0.5, 0.6) is 23.0 Å². The second kappa shape index (κ2) is 10.2. The van der Waals surface area contributed by atoms with Crippen LogP contribution in [0.1, 0.15) is 38.0 Å². The minimum absolute atomic E-state index is 0.0217. The Balaban J connectivity index is 2.18. The van der Waals surface area contributed by atoms with E-state index in [1.807, 2.05) is 13.8 Å². The van der Waals surface area contributed by atoms with E-state index < -0.39 is 23.1 Å². The summed E-state index contributed by atoms with van der Waals surface area (Å²) in [5.74, 6) is -2.21. The number of fused-ring (bicyclic) bond motifs is 1. The Morgan fingerprint density at radius 2 is 1.61 bits per heavy atom. The van der Waals surface area contributed by atoms with Crippen molar-refractivity contribution in [3.63, 3.8) is 0 Å². The summed E-state index contributed by atoms with van der Waals surface area (Å²) in [7, 11) is 1.45. The fourth-order valence-electron chi connectivity index (χ4n) is 3.76. The van der Waals surface area contributed by atoms with Crippen LogP contribution >= 0.6 is 0 Å². The Hall–Kier alpha value is -3.20. The number of aromatic hydroxyl groups is 1. The van der Waals surface area contributed by atoms with Gasteiger partial charge in [-0.05, 0) is 49.2 Å². The number of hydrogen-bond acceptors (Lipinski definition) is 5. The van der Waals surface area contributed by atoms with Crippen molar-refractivity contribution in [2.24, 2.45) is 0 Å². The Labute approximate surface area is 189 Å².